The summed E-state index contributed by atoms with van der Waals surface area (Å²) in [6.07, 6.45) is 16.0. The van der Waals surface area contributed by atoms with E-state index in [9.17, 15) is 9.59 Å². The van der Waals surface area contributed by atoms with Gasteiger partial charge < -0.3 is 9.84 Å². The zero-order valence-electron chi connectivity index (χ0n) is 23.0. The summed E-state index contributed by atoms with van der Waals surface area (Å²) in [6, 6.07) is 0. The third kappa shape index (κ3) is 5.37. The van der Waals surface area contributed by atoms with Gasteiger partial charge in [-0.25, -0.2) is 0 Å². The van der Waals surface area contributed by atoms with E-state index in [0.717, 1.165) is 54.8 Å². The molecule has 4 nitrogen and oxygen atoms in total. The Labute approximate surface area is 213 Å². The summed E-state index contributed by atoms with van der Waals surface area (Å²) in [7, 11) is 0. The minimum atomic E-state index is -0.942. The van der Waals surface area contributed by atoms with Gasteiger partial charge in [0, 0.05) is 6.42 Å². The van der Waals surface area contributed by atoms with Gasteiger partial charge in [-0.1, -0.05) is 65.5 Å². The Hall–Kier alpha value is -1.32. The van der Waals surface area contributed by atoms with Gasteiger partial charge in [-0.15, -0.1) is 0 Å². The van der Waals surface area contributed by atoms with Crippen molar-refractivity contribution in [1.29, 1.82) is 0 Å². The number of fused-ring (bicyclic) bond motifs is 5. The molecule has 8 atom stereocenters. The highest BCUT2D eigenvalue weighted by molar-refractivity contribution is 5.76. The lowest BCUT2D eigenvalue weighted by Gasteiger charge is -2.58. The summed E-state index contributed by atoms with van der Waals surface area (Å²) in [5.74, 6) is 3.68. The maximum Gasteiger partial charge on any atom is 0.306 e. The molecule has 0 heterocycles. The second-order valence-electron chi connectivity index (χ2n) is 13.5. The molecule has 0 bridgehead atoms. The van der Waals surface area contributed by atoms with Gasteiger partial charge in [0.05, 0.1) is 12.8 Å². The van der Waals surface area contributed by atoms with Crippen LogP contribution in [-0.4, -0.2) is 23.1 Å². The lowest BCUT2D eigenvalue weighted by atomic mass is 9.47. The monoisotopic (exact) mass is 486 g/mol. The number of ether oxygens (including phenoxy) is 1. The summed E-state index contributed by atoms with van der Waals surface area (Å²) < 4.78 is 5.70. The van der Waals surface area contributed by atoms with Gasteiger partial charge in [-0.3, -0.25) is 9.59 Å². The minimum absolute atomic E-state index is 0.0236. The molecule has 0 spiro atoms. The van der Waals surface area contributed by atoms with Gasteiger partial charge in [0.2, 0.25) is 0 Å². The fourth-order valence-electron chi connectivity index (χ4n) is 9.21. The molecule has 3 fully saturated rings. The van der Waals surface area contributed by atoms with E-state index in [1.54, 1.807) is 0 Å². The smallest absolute Gasteiger partial charge is 0.306 e. The van der Waals surface area contributed by atoms with Crippen LogP contribution in [0.4, 0.5) is 0 Å². The van der Waals surface area contributed by atoms with Crippen LogP contribution < -0.4 is 0 Å². The van der Waals surface area contributed by atoms with Crippen molar-refractivity contribution in [1.82, 2.24) is 0 Å². The third-order valence-electron chi connectivity index (χ3n) is 11.1. The first kappa shape index (κ1) is 26.7. The van der Waals surface area contributed by atoms with Gasteiger partial charge in [0.25, 0.3) is 0 Å². The highest BCUT2D eigenvalue weighted by Crippen LogP contribution is 2.67. The van der Waals surface area contributed by atoms with Gasteiger partial charge in [0.1, 0.15) is 6.10 Å². The Kier molecular flexibility index (Phi) is 8.08. The van der Waals surface area contributed by atoms with Crippen molar-refractivity contribution in [3.8, 4) is 0 Å². The Morgan fingerprint density at radius 3 is 2.51 bits per heavy atom. The molecule has 35 heavy (non-hydrogen) atoms. The standard InChI is InChI=1S/C31H50O4/c1-20(2)7-6-8-21(3)25-11-12-26-24-10-9-22-19-23(35-29(34)14-13-28(32)33)15-17-30(22,4)27(24)16-18-31(25,26)5/h9,20-21,23-27H,6-8,10-19H2,1-5H3,(H,32,33)/t21-,23+,24+,25?,26+,27+,30+,31-/m1/s1. The van der Waals surface area contributed by atoms with Gasteiger partial charge in [0.15, 0.2) is 0 Å². The van der Waals surface area contributed by atoms with Crippen molar-refractivity contribution < 1.29 is 19.4 Å². The second-order valence-corrected chi connectivity index (χ2v) is 13.5. The van der Waals surface area contributed by atoms with Crippen LogP contribution in [-0.2, 0) is 14.3 Å². The lowest BCUT2D eigenvalue weighted by Crippen LogP contribution is -2.51. The normalized spacial score (nSPS) is 39.3. The molecule has 1 N–H and O–H groups in total. The first-order valence-electron chi connectivity index (χ1n) is 14.7. The number of carboxylic acid groups (broad SMARTS) is 1. The van der Waals surface area contributed by atoms with Crippen molar-refractivity contribution in [3.63, 3.8) is 0 Å². The fourth-order valence-corrected chi connectivity index (χ4v) is 9.21. The number of hydrogen-bond acceptors (Lipinski definition) is 3. The fraction of sp³-hybridized carbons (Fsp3) is 0.871. The van der Waals surface area contributed by atoms with Gasteiger partial charge in [-0.05, 0) is 91.3 Å². The van der Waals surface area contributed by atoms with Crippen molar-refractivity contribution in [2.75, 3.05) is 0 Å². The van der Waals surface area contributed by atoms with Gasteiger partial charge in [-0.2, -0.15) is 0 Å². The largest absolute Gasteiger partial charge is 0.481 e. The SMILES string of the molecule is CC(C)CCC[C@@H](C)C1CC[C@H]2[C@@H]3CC=C4C[C@@H](OC(=O)CCC(=O)O)CC[C@]4(C)[C@H]3CC[C@]12C. The molecule has 1 unspecified atom stereocenters. The number of allylic oxidation sites excluding steroid dienone is 1. The van der Waals surface area contributed by atoms with E-state index in [1.807, 2.05) is 0 Å². The predicted octanol–water partition coefficient (Wildman–Crippen LogP) is 7.80. The molecule has 4 rings (SSSR count). The molecule has 0 aromatic heterocycles. The predicted molar refractivity (Wildman–Crippen MR) is 140 cm³/mol. The molecule has 0 aromatic rings. The van der Waals surface area contributed by atoms with Crippen LogP contribution in [0.2, 0.25) is 0 Å². The molecule has 4 aliphatic carbocycles. The second kappa shape index (κ2) is 10.6. The summed E-state index contributed by atoms with van der Waals surface area (Å²) >= 11 is 0. The maximum atomic E-state index is 12.1. The Morgan fingerprint density at radius 1 is 1.03 bits per heavy atom. The zero-order valence-corrected chi connectivity index (χ0v) is 23.0. The van der Waals surface area contributed by atoms with E-state index in [-0.39, 0.29) is 30.3 Å². The summed E-state index contributed by atoms with van der Waals surface area (Å²) in [4.78, 5) is 22.9. The molecule has 3 saturated carbocycles. The first-order valence-corrected chi connectivity index (χ1v) is 14.7. The molecule has 198 valence electrons. The number of aliphatic carboxylic acids is 1. The van der Waals surface area contributed by atoms with Crippen LogP contribution in [0.3, 0.4) is 0 Å². The van der Waals surface area contributed by atoms with E-state index in [2.05, 4.69) is 40.7 Å². The number of carbonyl (C=O) groups excluding carboxylic acids is 1. The first-order chi connectivity index (χ1) is 16.5. The highest BCUT2D eigenvalue weighted by Gasteiger charge is 2.59. The van der Waals surface area contributed by atoms with Crippen molar-refractivity contribution >= 4 is 11.9 Å². The highest BCUT2D eigenvalue weighted by atomic mass is 16.5. The number of carbonyl (C=O) groups is 2. The molecule has 0 aliphatic heterocycles. The Bertz CT molecular complexity index is 815. The lowest BCUT2D eigenvalue weighted by molar-refractivity contribution is -0.154. The zero-order chi connectivity index (χ0) is 25.4. The van der Waals surface area contributed by atoms with Crippen LogP contribution in [0.5, 0.6) is 0 Å². The van der Waals surface area contributed by atoms with E-state index in [0.29, 0.717) is 5.41 Å². The van der Waals surface area contributed by atoms with Crippen LogP contribution in [0.15, 0.2) is 11.6 Å². The minimum Gasteiger partial charge on any atom is -0.481 e. The molecular weight excluding hydrogens is 436 g/mol. The number of esters is 1. The Balaban J connectivity index is 1.40. The molecule has 0 saturated heterocycles. The average Bonchev–Trinajstić information content (AvgIpc) is 3.15. The topological polar surface area (TPSA) is 63.6 Å². The maximum absolute atomic E-state index is 12.1. The number of hydrogen-bond donors (Lipinski definition) is 1. The van der Waals surface area contributed by atoms with Crippen LogP contribution in [0.1, 0.15) is 118 Å². The summed E-state index contributed by atoms with van der Waals surface area (Å²) in [5.41, 5.74) is 2.27. The number of carboxylic acids is 1. The molecule has 4 heteroatoms. The van der Waals surface area contributed by atoms with E-state index in [4.69, 9.17) is 9.84 Å². The molecule has 0 amide bonds. The van der Waals surface area contributed by atoms with Crippen molar-refractivity contribution in [3.05, 3.63) is 11.6 Å². The summed E-state index contributed by atoms with van der Waals surface area (Å²) in [6.45, 7) is 12.4. The molecule has 0 aromatic carbocycles. The van der Waals surface area contributed by atoms with Gasteiger partial charge >= 0.3 is 11.9 Å². The van der Waals surface area contributed by atoms with E-state index in [1.165, 1.54) is 56.9 Å². The van der Waals surface area contributed by atoms with E-state index >= 15 is 0 Å². The molecule has 4 aliphatic rings. The third-order valence-corrected chi connectivity index (χ3v) is 11.1. The average molecular weight is 487 g/mol. The van der Waals surface area contributed by atoms with Crippen LogP contribution >= 0.6 is 0 Å². The molecule has 0 radical (unpaired) electrons. The number of rotatable bonds is 9. The van der Waals surface area contributed by atoms with Crippen LogP contribution in [0.25, 0.3) is 0 Å². The quantitative estimate of drug-likeness (QED) is 0.267. The Morgan fingerprint density at radius 2 is 1.80 bits per heavy atom. The molecular formula is C31H50O4. The van der Waals surface area contributed by atoms with Crippen molar-refractivity contribution in [2.24, 2.45) is 46.3 Å². The van der Waals surface area contributed by atoms with E-state index < -0.39 is 5.97 Å². The summed E-state index contributed by atoms with van der Waals surface area (Å²) in [5, 5.41) is 8.84. The van der Waals surface area contributed by atoms with Crippen LogP contribution in [0, 0.1) is 46.3 Å². The van der Waals surface area contributed by atoms with Crippen molar-refractivity contribution in [2.45, 2.75) is 124 Å².